The lowest BCUT2D eigenvalue weighted by molar-refractivity contribution is -0.114. The Kier molecular flexibility index (Phi) is 8.22. The number of ether oxygens (including phenoxy) is 1. The molecule has 4 aromatic carbocycles. The van der Waals surface area contributed by atoms with Crippen molar-refractivity contribution in [2.24, 2.45) is 0 Å². The maximum absolute atomic E-state index is 13.6. The van der Waals surface area contributed by atoms with Crippen LogP contribution in [0.15, 0.2) is 113 Å². The average Bonchev–Trinajstić information content (AvgIpc) is 2.92. The lowest BCUT2D eigenvalue weighted by Gasteiger charge is -2.24. The van der Waals surface area contributed by atoms with Crippen molar-refractivity contribution in [2.75, 3.05) is 28.0 Å². The van der Waals surface area contributed by atoms with Gasteiger partial charge in [-0.1, -0.05) is 42.0 Å². The number of methoxy groups -OCH3 is 1. The first-order chi connectivity index (χ1) is 18.6. The summed E-state index contributed by atoms with van der Waals surface area (Å²) in [5, 5.41) is 2.64. The predicted molar refractivity (Wildman–Crippen MR) is 151 cm³/mol. The second kappa shape index (κ2) is 11.6. The van der Waals surface area contributed by atoms with E-state index in [0.29, 0.717) is 17.1 Å². The van der Waals surface area contributed by atoms with E-state index in [-0.39, 0.29) is 15.5 Å². The van der Waals surface area contributed by atoms with Gasteiger partial charge in [-0.05, 0) is 67.6 Å². The number of sulfonamides is 2. The van der Waals surface area contributed by atoms with Crippen molar-refractivity contribution in [1.29, 1.82) is 0 Å². The zero-order valence-electron chi connectivity index (χ0n) is 21.2. The molecule has 0 bridgehead atoms. The molecule has 1 amide bonds. The molecule has 202 valence electrons. The third kappa shape index (κ3) is 6.75. The third-order valence-electron chi connectivity index (χ3n) is 5.71. The number of anilines is 3. The predicted octanol–water partition coefficient (Wildman–Crippen LogP) is 4.64. The smallest absolute Gasteiger partial charge is 0.264 e. The molecule has 0 fully saturated rings. The van der Waals surface area contributed by atoms with Crippen LogP contribution >= 0.6 is 0 Å². The Morgan fingerprint density at radius 3 is 2.05 bits per heavy atom. The van der Waals surface area contributed by atoms with Gasteiger partial charge in [0.1, 0.15) is 12.3 Å². The van der Waals surface area contributed by atoms with E-state index < -0.39 is 32.5 Å². The van der Waals surface area contributed by atoms with E-state index in [2.05, 4.69) is 10.0 Å². The van der Waals surface area contributed by atoms with Crippen LogP contribution in [-0.2, 0) is 24.8 Å². The third-order valence-corrected chi connectivity index (χ3v) is 8.90. The molecule has 0 saturated carbocycles. The first-order valence-electron chi connectivity index (χ1n) is 11.8. The molecule has 0 atom stereocenters. The van der Waals surface area contributed by atoms with Gasteiger partial charge in [-0.3, -0.25) is 13.8 Å². The summed E-state index contributed by atoms with van der Waals surface area (Å²) < 4.78 is 61.2. The van der Waals surface area contributed by atoms with Gasteiger partial charge in [0.05, 0.1) is 22.6 Å². The fourth-order valence-corrected chi connectivity index (χ4v) is 6.16. The SMILES string of the molecule is COc1cccc(N(CC(=O)Nc2ccc(S(=O)(=O)Nc3ccccc3)cc2)S(=O)(=O)c2ccc(C)cc2)c1. The summed E-state index contributed by atoms with van der Waals surface area (Å²) in [6.45, 7) is 1.32. The standard InChI is InChI=1S/C28H27N3O6S2/c1-21-11-15-27(16-12-21)39(35,36)31(24-9-6-10-25(19-24)37-2)20-28(32)29-22-13-17-26(18-14-22)38(33,34)30-23-7-4-3-5-8-23/h3-19,30H,20H2,1-2H3,(H,29,32). The first-order valence-corrected chi connectivity index (χ1v) is 14.7. The minimum atomic E-state index is -4.11. The second-order valence-electron chi connectivity index (χ2n) is 8.57. The largest absolute Gasteiger partial charge is 0.497 e. The van der Waals surface area contributed by atoms with Crippen LogP contribution in [0, 0.1) is 6.92 Å². The van der Waals surface area contributed by atoms with Crippen LogP contribution in [0.1, 0.15) is 5.56 Å². The number of amides is 1. The summed E-state index contributed by atoms with van der Waals surface area (Å²) >= 11 is 0. The Morgan fingerprint density at radius 2 is 1.41 bits per heavy atom. The molecule has 2 N–H and O–H groups in total. The summed E-state index contributed by atoms with van der Waals surface area (Å²) in [4.78, 5) is 13.1. The minimum absolute atomic E-state index is 0.00399. The number of carbonyl (C=O) groups is 1. The van der Waals surface area contributed by atoms with E-state index >= 15 is 0 Å². The minimum Gasteiger partial charge on any atom is -0.497 e. The van der Waals surface area contributed by atoms with Crippen LogP contribution in [0.25, 0.3) is 0 Å². The van der Waals surface area contributed by atoms with Crippen LogP contribution in [0.2, 0.25) is 0 Å². The molecule has 0 aliphatic carbocycles. The van der Waals surface area contributed by atoms with Crippen LogP contribution in [0.4, 0.5) is 17.1 Å². The zero-order valence-corrected chi connectivity index (χ0v) is 22.9. The van der Waals surface area contributed by atoms with Crippen LogP contribution in [0.3, 0.4) is 0 Å². The van der Waals surface area contributed by atoms with E-state index in [0.717, 1.165) is 9.87 Å². The second-order valence-corrected chi connectivity index (χ2v) is 12.1. The normalized spacial score (nSPS) is 11.4. The Labute approximate surface area is 228 Å². The van der Waals surface area contributed by atoms with E-state index in [1.54, 1.807) is 60.7 Å². The molecular weight excluding hydrogens is 538 g/mol. The van der Waals surface area contributed by atoms with Crippen molar-refractivity contribution in [3.05, 3.63) is 109 Å². The Bertz CT molecular complexity index is 1660. The molecule has 4 aromatic rings. The number of aryl methyl sites for hydroxylation is 1. The first kappa shape index (κ1) is 27.7. The number of nitrogens with zero attached hydrogens (tertiary/aromatic N) is 1. The number of para-hydroxylation sites is 1. The van der Waals surface area contributed by atoms with Gasteiger partial charge < -0.3 is 10.1 Å². The lowest BCUT2D eigenvalue weighted by atomic mass is 10.2. The van der Waals surface area contributed by atoms with Crippen LogP contribution < -0.4 is 19.1 Å². The maximum Gasteiger partial charge on any atom is 0.264 e. The quantitative estimate of drug-likeness (QED) is 0.289. The monoisotopic (exact) mass is 565 g/mol. The molecule has 4 rings (SSSR count). The van der Waals surface area contributed by atoms with Crippen molar-refractivity contribution in [1.82, 2.24) is 0 Å². The molecule has 0 saturated heterocycles. The van der Waals surface area contributed by atoms with Gasteiger partial charge >= 0.3 is 0 Å². The number of nitrogens with one attached hydrogen (secondary N) is 2. The summed E-state index contributed by atoms with van der Waals surface area (Å²) in [7, 11) is -6.48. The molecule has 0 unspecified atom stereocenters. The highest BCUT2D eigenvalue weighted by Crippen LogP contribution is 2.27. The molecule has 0 aliphatic rings. The zero-order chi connectivity index (χ0) is 28.0. The molecule has 0 aromatic heterocycles. The molecule has 9 nitrogen and oxygen atoms in total. The van der Waals surface area contributed by atoms with Gasteiger partial charge in [-0.2, -0.15) is 0 Å². The highest BCUT2D eigenvalue weighted by molar-refractivity contribution is 7.93. The van der Waals surface area contributed by atoms with Gasteiger partial charge in [0, 0.05) is 17.4 Å². The fourth-order valence-electron chi connectivity index (χ4n) is 3.69. The molecule has 11 heteroatoms. The van der Waals surface area contributed by atoms with Gasteiger partial charge in [0.15, 0.2) is 0 Å². The van der Waals surface area contributed by atoms with Gasteiger partial charge in [-0.15, -0.1) is 0 Å². The summed E-state index contributed by atoms with van der Waals surface area (Å²) in [5.74, 6) is -0.190. The van der Waals surface area contributed by atoms with Gasteiger partial charge in [0.2, 0.25) is 5.91 Å². The maximum atomic E-state index is 13.6. The molecule has 0 aliphatic heterocycles. The molecule has 0 heterocycles. The number of carbonyl (C=O) groups excluding carboxylic acids is 1. The van der Waals surface area contributed by atoms with Crippen molar-refractivity contribution in [3.63, 3.8) is 0 Å². The average molecular weight is 566 g/mol. The number of benzene rings is 4. The Hall–Kier alpha value is -4.35. The Balaban J connectivity index is 1.55. The van der Waals surface area contributed by atoms with Gasteiger partial charge in [-0.25, -0.2) is 16.8 Å². The van der Waals surface area contributed by atoms with Crippen molar-refractivity contribution in [2.45, 2.75) is 16.7 Å². The summed E-state index contributed by atoms with van der Waals surface area (Å²) in [5.41, 5.74) is 1.86. The van der Waals surface area contributed by atoms with Crippen LogP contribution in [-0.4, -0.2) is 36.4 Å². The molecular formula is C28H27N3O6S2. The summed E-state index contributed by atoms with van der Waals surface area (Å²) in [6.07, 6.45) is 0. The van der Waals surface area contributed by atoms with Crippen molar-refractivity contribution >= 4 is 43.0 Å². The molecule has 39 heavy (non-hydrogen) atoms. The highest BCUT2D eigenvalue weighted by Gasteiger charge is 2.27. The number of hydrogen-bond acceptors (Lipinski definition) is 6. The highest BCUT2D eigenvalue weighted by atomic mass is 32.2. The number of rotatable bonds is 10. The van der Waals surface area contributed by atoms with E-state index in [9.17, 15) is 21.6 Å². The molecule has 0 radical (unpaired) electrons. The van der Waals surface area contributed by atoms with E-state index in [4.69, 9.17) is 4.74 Å². The molecule has 0 spiro atoms. The van der Waals surface area contributed by atoms with Crippen LogP contribution in [0.5, 0.6) is 5.75 Å². The summed E-state index contributed by atoms with van der Waals surface area (Å²) in [6, 6.07) is 26.8. The number of hydrogen-bond donors (Lipinski definition) is 2. The van der Waals surface area contributed by atoms with E-state index in [1.165, 1.54) is 49.6 Å². The fraction of sp³-hybridized carbons (Fsp3) is 0.107. The van der Waals surface area contributed by atoms with E-state index in [1.807, 2.05) is 6.92 Å². The van der Waals surface area contributed by atoms with Crippen molar-refractivity contribution in [3.8, 4) is 5.75 Å². The topological polar surface area (TPSA) is 122 Å². The van der Waals surface area contributed by atoms with Gasteiger partial charge in [0.25, 0.3) is 20.0 Å². The van der Waals surface area contributed by atoms with Crippen molar-refractivity contribution < 1.29 is 26.4 Å². The lowest BCUT2D eigenvalue weighted by Crippen LogP contribution is -2.38. The Morgan fingerprint density at radius 1 is 0.769 bits per heavy atom.